The van der Waals surface area contributed by atoms with Gasteiger partial charge in [-0.3, -0.25) is 0 Å². The summed E-state index contributed by atoms with van der Waals surface area (Å²) in [6.07, 6.45) is 2.94. The molecule has 17 heavy (non-hydrogen) atoms. The maximum absolute atomic E-state index is 6.05. The summed E-state index contributed by atoms with van der Waals surface area (Å²) in [4.78, 5) is 6.57. The van der Waals surface area contributed by atoms with Crippen LogP contribution in [0.2, 0.25) is 5.15 Å². The molecule has 1 fully saturated rings. The monoisotopic (exact) mass is 250 g/mol. The molecule has 3 heterocycles. The van der Waals surface area contributed by atoms with Crippen LogP contribution < -0.4 is 4.90 Å². The third-order valence-corrected chi connectivity index (χ3v) is 3.50. The summed E-state index contributed by atoms with van der Waals surface area (Å²) in [5.41, 5.74) is 1.16. The molecule has 4 nitrogen and oxygen atoms in total. The van der Waals surface area contributed by atoms with Gasteiger partial charge in [0.25, 0.3) is 0 Å². The Bertz CT molecular complexity index is 561. The molecule has 1 aliphatic heterocycles. The minimum absolute atomic E-state index is 0.356. The minimum Gasteiger partial charge on any atom is -0.356 e. The number of anilines is 1. The maximum Gasteiger partial charge on any atom is 0.159 e. The molecule has 0 aliphatic carbocycles. The van der Waals surface area contributed by atoms with Crippen molar-refractivity contribution in [1.82, 2.24) is 14.6 Å². The van der Waals surface area contributed by atoms with E-state index in [2.05, 4.69) is 28.8 Å². The van der Waals surface area contributed by atoms with Gasteiger partial charge in [-0.05, 0) is 11.8 Å². The van der Waals surface area contributed by atoms with Crippen molar-refractivity contribution < 1.29 is 0 Å². The van der Waals surface area contributed by atoms with Crippen LogP contribution in [-0.2, 0) is 0 Å². The van der Waals surface area contributed by atoms with Crippen LogP contribution in [0.25, 0.3) is 5.65 Å². The first kappa shape index (κ1) is 10.8. The molecule has 1 aliphatic rings. The van der Waals surface area contributed by atoms with Crippen LogP contribution in [0, 0.1) is 5.41 Å². The molecule has 3 rings (SSSR count). The summed E-state index contributed by atoms with van der Waals surface area (Å²) in [5, 5.41) is 4.83. The predicted molar refractivity (Wildman–Crippen MR) is 68.6 cm³/mol. The van der Waals surface area contributed by atoms with Crippen LogP contribution >= 0.6 is 11.6 Å². The Kier molecular flexibility index (Phi) is 2.30. The van der Waals surface area contributed by atoms with E-state index in [0.29, 0.717) is 10.6 Å². The summed E-state index contributed by atoms with van der Waals surface area (Å²) in [6, 6.07) is 3.76. The Balaban J connectivity index is 2.08. The van der Waals surface area contributed by atoms with Gasteiger partial charge in [0.2, 0.25) is 0 Å². The van der Waals surface area contributed by atoms with E-state index in [9.17, 15) is 0 Å². The van der Waals surface area contributed by atoms with Crippen molar-refractivity contribution in [3.8, 4) is 0 Å². The molecule has 0 unspecified atom stereocenters. The number of hydrogen-bond donors (Lipinski definition) is 0. The second kappa shape index (κ2) is 3.60. The van der Waals surface area contributed by atoms with Gasteiger partial charge < -0.3 is 4.90 Å². The molecule has 5 heteroatoms. The van der Waals surface area contributed by atoms with E-state index in [-0.39, 0.29) is 0 Å². The molecule has 2 aromatic heterocycles. The lowest BCUT2D eigenvalue weighted by Crippen LogP contribution is -2.25. The highest BCUT2D eigenvalue weighted by Gasteiger charge is 2.30. The highest BCUT2D eigenvalue weighted by molar-refractivity contribution is 6.29. The molecular weight excluding hydrogens is 236 g/mol. The van der Waals surface area contributed by atoms with E-state index < -0.39 is 0 Å². The zero-order valence-corrected chi connectivity index (χ0v) is 10.8. The van der Waals surface area contributed by atoms with E-state index in [1.165, 1.54) is 6.42 Å². The highest BCUT2D eigenvalue weighted by atomic mass is 35.5. The molecule has 2 aromatic rings. The van der Waals surface area contributed by atoms with E-state index in [1.54, 1.807) is 6.20 Å². The zero-order valence-electron chi connectivity index (χ0n) is 10.0. The largest absolute Gasteiger partial charge is 0.356 e. The number of hydrogen-bond acceptors (Lipinski definition) is 3. The van der Waals surface area contributed by atoms with E-state index in [4.69, 9.17) is 11.6 Å². The van der Waals surface area contributed by atoms with Gasteiger partial charge in [-0.25, -0.2) is 4.98 Å². The standard InChI is InChI=1S/C12H15ClN4/c1-12(2)4-6-16(8-12)11-7-9(13)15-10-3-5-14-17(10)11/h3,5,7H,4,6,8H2,1-2H3. The third-order valence-electron chi connectivity index (χ3n) is 3.31. The molecule has 1 saturated heterocycles. The van der Waals surface area contributed by atoms with Crippen molar-refractivity contribution in [3.63, 3.8) is 0 Å². The van der Waals surface area contributed by atoms with E-state index in [0.717, 1.165) is 24.6 Å². The second-order valence-corrected chi connectivity index (χ2v) is 5.76. The van der Waals surface area contributed by atoms with Crippen LogP contribution in [0.3, 0.4) is 0 Å². The highest BCUT2D eigenvalue weighted by Crippen LogP contribution is 2.33. The van der Waals surface area contributed by atoms with E-state index >= 15 is 0 Å². The van der Waals surface area contributed by atoms with Gasteiger partial charge in [0.05, 0.1) is 6.20 Å². The summed E-state index contributed by atoms with van der Waals surface area (Å²) in [5.74, 6) is 1.04. The number of fused-ring (bicyclic) bond motifs is 1. The van der Waals surface area contributed by atoms with Crippen molar-refractivity contribution in [1.29, 1.82) is 0 Å². The number of rotatable bonds is 1. The number of halogens is 1. The molecule has 0 atom stereocenters. The van der Waals surface area contributed by atoms with Crippen molar-refractivity contribution in [2.45, 2.75) is 20.3 Å². The third kappa shape index (κ3) is 1.86. The first-order valence-electron chi connectivity index (χ1n) is 5.80. The summed E-state index contributed by atoms with van der Waals surface area (Å²) < 4.78 is 1.85. The molecular formula is C12H15ClN4. The van der Waals surface area contributed by atoms with Gasteiger partial charge in [0, 0.05) is 25.2 Å². The smallest absolute Gasteiger partial charge is 0.159 e. The number of aromatic nitrogens is 3. The van der Waals surface area contributed by atoms with Crippen molar-refractivity contribution >= 4 is 23.1 Å². The van der Waals surface area contributed by atoms with Crippen LogP contribution in [0.1, 0.15) is 20.3 Å². The van der Waals surface area contributed by atoms with Crippen molar-refractivity contribution in [3.05, 3.63) is 23.5 Å². The lowest BCUT2D eigenvalue weighted by Gasteiger charge is -2.22. The fourth-order valence-electron chi connectivity index (χ4n) is 2.40. The average Bonchev–Trinajstić information content (AvgIpc) is 2.82. The Labute approximate surface area is 105 Å². The first-order chi connectivity index (χ1) is 8.05. The Hall–Kier alpha value is -1.29. The summed E-state index contributed by atoms with van der Waals surface area (Å²) >= 11 is 6.05. The first-order valence-corrected chi connectivity index (χ1v) is 6.18. The van der Waals surface area contributed by atoms with Crippen molar-refractivity contribution in [2.24, 2.45) is 5.41 Å². The SMILES string of the molecule is CC1(C)CCN(c2cc(Cl)nc3ccnn23)C1. The van der Waals surface area contributed by atoms with E-state index in [1.807, 2.05) is 16.6 Å². The molecule has 0 radical (unpaired) electrons. The molecule has 0 bridgehead atoms. The van der Waals surface area contributed by atoms with Gasteiger partial charge in [0.15, 0.2) is 5.65 Å². The van der Waals surface area contributed by atoms with Crippen molar-refractivity contribution in [2.75, 3.05) is 18.0 Å². The van der Waals surface area contributed by atoms with Crippen LogP contribution in [0.15, 0.2) is 18.3 Å². The Morgan fingerprint density at radius 3 is 2.94 bits per heavy atom. The lowest BCUT2D eigenvalue weighted by atomic mass is 9.93. The topological polar surface area (TPSA) is 33.4 Å². The quantitative estimate of drug-likeness (QED) is 0.730. The van der Waals surface area contributed by atoms with Crippen LogP contribution in [0.5, 0.6) is 0 Å². The average molecular weight is 251 g/mol. The fourth-order valence-corrected chi connectivity index (χ4v) is 2.58. The predicted octanol–water partition coefficient (Wildman–Crippen LogP) is 2.62. The van der Waals surface area contributed by atoms with Crippen LogP contribution in [0.4, 0.5) is 5.82 Å². The fraction of sp³-hybridized carbons (Fsp3) is 0.500. The molecule has 0 N–H and O–H groups in total. The van der Waals surface area contributed by atoms with Gasteiger partial charge in [-0.1, -0.05) is 25.4 Å². The van der Waals surface area contributed by atoms with Crippen LogP contribution in [-0.4, -0.2) is 27.7 Å². The molecule has 0 saturated carbocycles. The van der Waals surface area contributed by atoms with Gasteiger partial charge >= 0.3 is 0 Å². The minimum atomic E-state index is 0.356. The van der Waals surface area contributed by atoms with Gasteiger partial charge in [-0.15, -0.1) is 0 Å². The molecule has 90 valence electrons. The number of nitrogens with zero attached hydrogens (tertiary/aromatic N) is 4. The molecule has 0 aromatic carbocycles. The summed E-state index contributed by atoms with van der Waals surface area (Å²) in [6.45, 7) is 6.65. The Morgan fingerprint density at radius 1 is 1.41 bits per heavy atom. The maximum atomic E-state index is 6.05. The van der Waals surface area contributed by atoms with Gasteiger partial charge in [0.1, 0.15) is 11.0 Å². The second-order valence-electron chi connectivity index (χ2n) is 5.37. The normalized spacial score (nSPS) is 19.1. The molecule has 0 amide bonds. The zero-order chi connectivity index (χ0) is 12.0. The molecule has 0 spiro atoms. The summed E-state index contributed by atoms with van der Waals surface area (Å²) in [7, 11) is 0. The lowest BCUT2D eigenvalue weighted by molar-refractivity contribution is 0.418. The Morgan fingerprint density at radius 2 is 2.24 bits per heavy atom. The van der Waals surface area contributed by atoms with Gasteiger partial charge in [-0.2, -0.15) is 9.61 Å².